The molecule has 3 N–H and O–H groups in total. The molecule has 0 saturated heterocycles. The van der Waals surface area contributed by atoms with Crippen LogP contribution in [0, 0.1) is 11.6 Å². The van der Waals surface area contributed by atoms with E-state index in [1.807, 2.05) is 0 Å². The van der Waals surface area contributed by atoms with Crippen LogP contribution in [0.4, 0.5) is 17.6 Å². The summed E-state index contributed by atoms with van der Waals surface area (Å²) in [4.78, 5) is 0. The molecule has 0 bridgehead atoms. The van der Waals surface area contributed by atoms with Gasteiger partial charge in [0, 0.05) is 5.56 Å². The molecule has 0 aromatic heterocycles. The predicted octanol–water partition coefficient (Wildman–Crippen LogP) is 2.25. The van der Waals surface area contributed by atoms with Crippen LogP contribution in [0.1, 0.15) is 11.6 Å². The van der Waals surface area contributed by atoms with Gasteiger partial charge in [-0.05, 0) is 12.1 Å². The normalized spacial score (nSPS) is 13.9. The molecule has 1 rings (SSSR count). The van der Waals surface area contributed by atoms with Crippen molar-refractivity contribution in [3.63, 3.8) is 0 Å². The van der Waals surface area contributed by atoms with Gasteiger partial charge in [-0.3, -0.25) is 0 Å². The van der Waals surface area contributed by atoms with Crippen LogP contribution in [0.3, 0.4) is 0 Å². The quantitative estimate of drug-likeness (QED) is 0.644. The Bertz CT molecular complexity index is 399. The highest BCUT2D eigenvalue weighted by Gasteiger charge is 2.40. The van der Waals surface area contributed by atoms with Crippen molar-refractivity contribution >= 4 is 11.6 Å². The number of halogens is 5. The van der Waals surface area contributed by atoms with Crippen LogP contribution >= 0.6 is 11.6 Å². The van der Waals surface area contributed by atoms with Gasteiger partial charge in [-0.2, -0.15) is 0 Å². The summed E-state index contributed by atoms with van der Waals surface area (Å²) >= 11 is 5.35. The van der Waals surface area contributed by atoms with E-state index in [-0.39, 0.29) is 0 Å². The molecule has 90 valence electrons. The number of hydrogen-bond acceptors (Lipinski definition) is 2. The van der Waals surface area contributed by atoms with Crippen molar-refractivity contribution in [2.45, 2.75) is 12.0 Å². The molecule has 0 spiro atoms. The first-order valence-corrected chi connectivity index (χ1v) is 4.56. The molecule has 0 radical (unpaired) electrons. The Labute approximate surface area is 93.6 Å². The van der Waals surface area contributed by atoms with E-state index in [4.69, 9.17) is 22.4 Å². The van der Waals surface area contributed by atoms with Crippen LogP contribution in [-0.4, -0.2) is 17.6 Å². The summed E-state index contributed by atoms with van der Waals surface area (Å²) in [6, 6.07) is -0.866. The van der Waals surface area contributed by atoms with Gasteiger partial charge in [-0.15, -0.1) is 0 Å². The standard InChI is InChI=1S/C9H8ClF4NO/c10-7-5(12)2-1-4(11)6(7)8(15)9(13,14)3-16/h1-2,8,16H,3,15H2/t8-/m0/s1. The first-order valence-electron chi connectivity index (χ1n) is 4.19. The van der Waals surface area contributed by atoms with Crippen LogP contribution in [0.15, 0.2) is 12.1 Å². The lowest BCUT2D eigenvalue weighted by molar-refractivity contribution is -0.0719. The predicted molar refractivity (Wildman–Crippen MR) is 50.3 cm³/mol. The largest absolute Gasteiger partial charge is 0.390 e. The molecule has 1 aromatic rings. The highest BCUT2D eigenvalue weighted by Crippen LogP contribution is 2.35. The summed E-state index contributed by atoms with van der Waals surface area (Å²) in [5.74, 6) is -5.98. The van der Waals surface area contributed by atoms with Gasteiger partial charge in [-0.1, -0.05) is 11.6 Å². The zero-order valence-electron chi connectivity index (χ0n) is 7.85. The van der Waals surface area contributed by atoms with Crippen molar-refractivity contribution in [3.05, 3.63) is 34.4 Å². The van der Waals surface area contributed by atoms with Gasteiger partial charge in [0.15, 0.2) is 0 Å². The second-order valence-corrected chi connectivity index (χ2v) is 3.53. The minimum atomic E-state index is -3.78. The molecule has 0 aliphatic heterocycles. The van der Waals surface area contributed by atoms with Gasteiger partial charge in [0.05, 0.1) is 5.02 Å². The molecule has 7 heteroatoms. The molecular weight excluding hydrogens is 250 g/mol. The Hall–Kier alpha value is -0.850. The Balaban J connectivity index is 3.28. The Morgan fingerprint density at radius 3 is 2.31 bits per heavy atom. The van der Waals surface area contributed by atoms with Gasteiger partial charge < -0.3 is 10.8 Å². The number of alkyl halides is 2. The number of benzene rings is 1. The zero-order chi connectivity index (χ0) is 12.5. The number of nitrogens with two attached hydrogens (primary N) is 1. The van der Waals surface area contributed by atoms with E-state index in [1.54, 1.807) is 0 Å². The highest BCUT2D eigenvalue weighted by molar-refractivity contribution is 6.31. The van der Waals surface area contributed by atoms with Crippen molar-refractivity contribution in [3.8, 4) is 0 Å². The summed E-state index contributed by atoms with van der Waals surface area (Å²) in [6.07, 6.45) is 0. The van der Waals surface area contributed by atoms with Crippen molar-refractivity contribution < 1.29 is 22.7 Å². The molecule has 0 aliphatic carbocycles. The van der Waals surface area contributed by atoms with E-state index in [0.29, 0.717) is 12.1 Å². The van der Waals surface area contributed by atoms with Crippen LogP contribution < -0.4 is 5.73 Å². The van der Waals surface area contributed by atoms with Crippen molar-refractivity contribution in [2.24, 2.45) is 5.73 Å². The zero-order valence-corrected chi connectivity index (χ0v) is 8.61. The summed E-state index contributed by atoms with van der Waals surface area (Å²) < 4.78 is 52.2. The maximum atomic E-state index is 13.2. The van der Waals surface area contributed by atoms with Gasteiger partial charge in [0.2, 0.25) is 0 Å². The second kappa shape index (κ2) is 4.57. The lowest BCUT2D eigenvalue weighted by atomic mass is 10.0. The molecule has 1 atom stereocenters. The Kier molecular flexibility index (Phi) is 3.77. The summed E-state index contributed by atoms with van der Waals surface area (Å²) in [5, 5.41) is 7.58. The lowest BCUT2D eigenvalue weighted by Gasteiger charge is -2.23. The van der Waals surface area contributed by atoms with E-state index in [0.717, 1.165) is 0 Å². The van der Waals surface area contributed by atoms with Crippen molar-refractivity contribution in [1.82, 2.24) is 0 Å². The van der Waals surface area contributed by atoms with E-state index in [1.165, 1.54) is 0 Å². The fourth-order valence-electron chi connectivity index (χ4n) is 1.14. The molecule has 0 amide bonds. The summed E-state index contributed by atoms with van der Waals surface area (Å²) in [6.45, 7) is -1.58. The van der Waals surface area contributed by atoms with Crippen molar-refractivity contribution in [2.75, 3.05) is 6.61 Å². The molecular formula is C9H8ClF4NO. The fourth-order valence-corrected chi connectivity index (χ4v) is 1.41. The third-order valence-electron chi connectivity index (χ3n) is 2.06. The number of aliphatic hydroxyl groups excluding tert-OH is 1. The van der Waals surface area contributed by atoms with Gasteiger partial charge >= 0.3 is 0 Å². The molecule has 0 unspecified atom stereocenters. The van der Waals surface area contributed by atoms with Crippen LogP contribution in [-0.2, 0) is 0 Å². The van der Waals surface area contributed by atoms with Crippen LogP contribution in [0.25, 0.3) is 0 Å². The minimum Gasteiger partial charge on any atom is -0.390 e. The van der Waals surface area contributed by atoms with Crippen LogP contribution in [0.2, 0.25) is 5.02 Å². The van der Waals surface area contributed by atoms with Crippen molar-refractivity contribution in [1.29, 1.82) is 0 Å². The lowest BCUT2D eigenvalue weighted by Crippen LogP contribution is -2.37. The van der Waals surface area contributed by atoms with Crippen LogP contribution in [0.5, 0.6) is 0 Å². The number of hydrogen-bond donors (Lipinski definition) is 2. The third-order valence-corrected chi connectivity index (χ3v) is 2.44. The molecule has 0 heterocycles. The average molecular weight is 258 g/mol. The molecule has 2 nitrogen and oxygen atoms in total. The average Bonchev–Trinajstić information content (AvgIpc) is 2.24. The third kappa shape index (κ3) is 2.28. The first-order chi connectivity index (χ1) is 7.31. The topological polar surface area (TPSA) is 46.2 Å². The SMILES string of the molecule is N[C@@H](c1c(F)ccc(F)c1Cl)C(F)(F)CO. The maximum Gasteiger partial charge on any atom is 0.289 e. The highest BCUT2D eigenvalue weighted by atomic mass is 35.5. The van der Waals surface area contributed by atoms with Gasteiger partial charge in [-0.25, -0.2) is 17.6 Å². The number of aliphatic hydroxyl groups is 1. The van der Waals surface area contributed by atoms with E-state index < -0.39 is 40.8 Å². The minimum absolute atomic E-state index is 0.643. The Morgan fingerprint density at radius 1 is 1.31 bits per heavy atom. The van der Waals surface area contributed by atoms with E-state index in [9.17, 15) is 17.6 Å². The summed E-state index contributed by atoms with van der Waals surface area (Å²) in [5.41, 5.74) is 4.21. The fraction of sp³-hybridized carbons (Fsp3) is 0.333. The monoisotopic (exact) mass is 257 g/mol. The molecule has 0 saturated carbocycles. The van der Waals surface area contributed by atoms with E-state index in [2.05, 4.69) is 0 Å². The van der Waals surface area contributed by atoms with Gasteiger partial charge in [0.25, 0.3) is 5.92 Å². The maximum absolute atomic E-state index is 13.2. The molecule has 16 heavy (non-hydrogen) atoms. The molecule has 0 fully saturated rings. The molecule has 1 aromatic carbocycles. The molecule has 0 aliphatic rings. The van der Waals surface area contributed by atoms with Gasteiger partial charge in [0.1, 0.15) is 24.3 Å². The Morgan fingerprint density at radius 2 is 1.81 bits per heavy atom. The van der Waals surface area contributed by atoms with E-state index >= 15 is 0 Å². The second-order valence-electron chi connectivity index (χ2n) is 3.15. The number of rotatable bonds is 3. The smallest absolute Gasteiger partial charge is 0.289 e. The summed E-state index contributed by atoms with van der Waals surface area (Å²) in [7, 11) is 0. The first kappa shape index (κ1) is 13.2.